The lowest BCUT2D eigenvalue weighted by atomic mass is 9.91. The number of fused-ring (bicyclic) bond motifs is 1. The zero-order chi connectivity index (χ0) is 10.3. The summed E-state index contributed by atoms with van der Waals surface area (Å²) in [5.41, 5.74) is 0. The Morgan fingerprint density at radius 3 is 2.60 bits per heavy atom. The lowest BCUT2D eigenvalue weighted by molar-refractivity contribution is 0.0865. The first-order chi connectivity index (χ1) is 7.47. The number of hydrogen-bond acceptors (Lipinski definition) is 1. The molecule has 1 saturated carbocycles. The van der Waals surface area contributed by atoms with Crippen molar-refractivity contribution in [1.82, 2.24) is 0 Å². The molecule has 0 N–H and O–H groups in total. The minimum Gasteiger partial charge on any atom is -0.381 e. The highest BCUT2D eigenvalue weighted by molar-refractivity contribution is 4.83. The van der Waals surface area contributed by atoms with Crippen molar-refractivity contribution in [1.29, 1.82) is 0 Å². The summed E-state index contributed by atoms with van der Waals surface area (Å²) in [6, 6.07) is 0. The van der Waals surface area contributed by atoms with Crippen LogP contribution in [0, 0.1) is 11.8 Å². The summed E-state index contributed by atoms with van der Waals surface area (Å²) < 4.78 is 5.77. The summed E-state index contributed by atoms with van der Waals surface area (Å²) in [7, 11) is 0. The lowest BCUT2D eigenvalue weighted by Crippen LogP contribution is -2.15. The van der Waals surface area contributed by atoms with E-state index >= 15 is 0 Å². The molecule has 2 atom stereocenters. The van der Waals surface area contributed by atoms with Gasteiger partial charge in [-0.25, -0.2) is 0 Å². The van der Waals surface area contributed by atoms with Crippen LogP contribution in [0.5, 0.6) is 0 Å². The zero-order valence-electron chi connectivity index (χ0n) is 9.79. The quantitative estimate of drug-likeness (QED) is 0.548. The molecule has 0 bridgehead atoms. The molecule has 0 amide bonds. The molecule has 2 rings (SSSR count). The third kappa shape index (κ3) is 3.64. The highest BCUT2D eigenvalue weighted by Crippen LogP contribution is 2.35. The molecule has 0 spiro atoms. The van der Waals surface area contributed by atoms with Crippen LogP contribution in [-0.4, -0.2) is 13.2 Å². The van der Waals surface area contributed by atoms with Gasteiger partial charge in [0.2, 0.25) is 0 Å². The van der Waals surface area contributed by atoms with Crippen LogP contribution in [-0.2, 0) is 4.74 Å². The molecule has 1 aliphatic carbocycles. The average molecular weight is 208 g/mol. The second kappa shape index (κ2) is 6.32. The highest BCUT2D eigenvalue weighted by atomic mass is 16.5. The van der Waals surface area contributed by atoms with E-state index in [1.807, 2.05) is 0 Å². The van der Waals surface area contributed by atoms with E-state index in [1.54, 1.807) is 0 Å². The number of hydrogen-bond donors (Lipinski definition) is 0. The van der Waals surface area contributed by atoms with Gasteiger partial charge in [0, 0.05) is 6.61 Å². The van der Waals surface area contributed by atoms with Gasteiger partial charge in [-0.15, -0.1) is 0 Å². The summed E-state index contributed by atoms with van der Waals surface area (Å²) in [5.74, 6) is 1.86. The second-order valence-corrected chi connectivity index (χ2v) is 5.07. The lowest BCUT2D eigenvalue weighted by Gasteiger charge is -2.19. The molecule has 0 aromatic heterocycles. The molecule has 1 aliphatic heterocycles. The predicted molar refractivity (Wildman–Crippen MR) is 63.9 cm³/mol. The van der Waals surface area contributed by atoms with Gasteiger partial charge in [-0.2, -0.15) is 0 Å². The van der Waals surface area contributed by atoms with Crippen molar-refractivity contribution in [3.63, 3.8) is 0 Å². The van der Waals surface area contributed by atoms with Crippen molar-refractivity contribution in [2.75, 3.05) is 13.2 Å². The van der Waals surface area contributed by atoms with E-state index in [0.29, 0.717) is 0 Å². The van der Waals surface area contributed by atoms with Crippen molar-refractivity contribution in [3.05, 3.63) is 12.2 Å². The van der Waals surface area contributed by atoms with Crippen molar-refractivity contribution in [2.45, 2.75) is 51.4 Å². The smallest absolute Gasteiger partial charge is 0.0500 e. The average Bonchev–Trinajstić information content (AvgIpc) is 2.65. The summed E-state index contributed by atoms with van der Waals surface area (Å²) in [6.07, 6.45) is 15.6. The molecule has 1 heterocycles. The largest absolute Gasteiger partial charge is 0.381 e. The predicted octanol–water partition coefficient (Wildman–Crippen LogP) is 3.94. The Labute approximate surface area is 93.9 Å². The van der Waals surface area contributed by atoms with Crippen molar-refractivity contribution >= 4 is 0 Å². The number of rotatable bonds is 0. The SMILES string of the molecule is C1=C/CCOCC2CCCC2CCCC/1. The second-order valence-electron chi connectivity index (χ2n) is 5.07. The molecule has 15 heavy (non-hydrogen) atoms. The monoisotopic (exact) mass is 208 g/mol. The Hall–Kier alpha value is -0.300. The van der Waals surface area contributed by atoms with Gasteiger partial charge in [-0.3, -0.25) is 0 Å². The Morgan fingerprint density at radius 1 is 0.800 bits per heavy atom. The highest BCUT2D eigenvalue weighted by Gasteiger charge is 2.26. The summed E-state index contributed by atoms with van der Waals surface area (Å²) in [4.78, 5) is 0. The Morgan fingerprint density at radius 2 is 1.60 bits per heavy atom. The molecule has 1 fully saturated rings. The molecule has 2 unspecified atom stereocenters. The third-order valence-electron chi connectivity index (χ3n) is 3.94. The van der Waals surface area contributed by atoms with Gasteiger partial charge < -0.3 is 4.74 Å². The topological polar surface area (TPSA) is 9.23 Å². The van der Waals surface area contributed by atoms with Crippen molar-refractivity contribution in [2.24, 2.45) is 11.8 Å². The van der Waals surface area contributed by atoms with Crippen LogP contribution in [0.1, 0.15) is 51.4 Å². The number of ether oxygens (including phenoxy) is 1. The van der Waals surface area contributed by atoms with Gasteiger partial charge in [0.05, 0.1) is 6.61 Å². The molecule has 0 saturated heterocycles. The van der Waals surface area contributed by atoms with Gasteiger partial charge in [0.25, 0.3) is 0 Å². The fourth-order valence-corrected chi connectivity index (χ4v) is 3.00. The van der Waals surface area contributed by atoms with Crippen LogP contribution in [0.25, 0.3) is 0 Å². The normalized spacial score (nSPS) is 36.3. The molecule has 0 aromatic rings. The third-order valence-corrected chi connectivity index (χ3v) is 3.94. The van der Waals surface area contributed by atoms with E-state index in [0.717, 1.165) is 31.5 Å². The standard InChI is InChI=1S/C14H24O/c1-2-4-6-11-15-12-14-10-7-9-13(14)8-5-3-1/h2,4,13-14H,1,3,5-12H2/b4-2+. The maximum Gasteiger partial charge on any atom is 0.0500 e. The minimum atomic E-state index is 0.883. The van der Waals surface area contributed by atoms with E-state index in [4.69, 9.17) is 4.74 Å². The zero-order valence-corrected chi connectivity index (χ0v) is 9.79. The Kier molecular flexibility index (Phi) is 4.72. The molecule has 1 heteroatoms. The first kappa shape index (κ1) is 11.2. The molecule has 0 radical (unpaired) electrons. The van der Waals surface area contributed by atoms with Crippen LogP contribution in [0.3, 0.4) is 0 Å². The van der Waals surface area contributed by atoms with E-state index < -0.39 is 0 Å². The first-order valence-corrected chi connectivity index (χ1v) is 6.69. The van der Waals surface area contributed by atoms with E-state index in [9.17, 15) is 0 Å². The molecule has 2 aliphatic rings. The van der Waals surface area contributed by atoms with E-state index in [-0.39, 0.29) is 0 Å². The van der Waals surface area contributed by atoms with Crippen LogP contribution in [0.15, 0.2) is 12.2 Å². The summed E-state index contributed by atoms with van der Waals surface area (Å²) in [6.45, 7) is 1.96. The molecular formula is C14H24O. The maximum absolute atomic E-state index is 5.77. The van der Waals surface area contributed by atoms with Gasteiger partial charge in [-0.05, 0) is 37.5 Å². The first-order valence-electron chi connectivity index (χ1n) is 6.69. The van der Waals surface area contributed by atoms with Gasteiger partial charge in [-0.1, -0.05) is 37.8 Å². The van der Waals surface area contributed by atoms with E-state index in [2.05, 4.69) is 12.2 Å². The van der Waals surface area contributed by atoms with Crippen LogP contribution in [0.4, 0.5) is 0 Å². The Bertz CT molecular complexity index is 178. The van der Waals surface area contributed by atoms with Gasteiger partial charge in [0.15, 0.2) is 0 Å². The molecule has 86 valence electrons. The van der Waals surface area contributed by atoms with Crippen molar-refractivity contribution in [3.8, 4) is 0 Å². The van der Waals surface area contributed by atoms with Crippen LogP contribution in [0.2, 0.25) is 0 Å². The van der Waals surface area contributed by atoms with Crippen LogP contribution >= 0.6 is 0 Å². The minimum absolute atomic E-state index is 0.883. The van der Waals surface area contributed by atoms with E-state index in [1.165, 1.54) is 44.9 Å². The summed E-state index contributed by atoms with van der Waals surface area (Å²) in [5, 5.41) is 0. The van der Waals surface area contributed by atoms with Gasteiger partial charge in [0.1, 0.15) is 0 Å². The molecular weight excluding hydrogens is 184 g/mol. The Balaban J connectivity index is 1.82. The fourth-order valence-electron chi connectivity index (χ4n) is 3.00. The summed E-state index contributed by atoms with van der Waals surface area (Å²) >= 11 is 0. The number of allylic oxidation sites excluding steroid dienone is 1. The molecule has 0 aromatic carbocycles. The van der Waals surface area contributed by atoms with Crippen LogP contribution < -0.4 is 0 Å². The van der Waals surface area contributed by atoms with Crippen molar-refractivity contribution < 1.29 is 4.74 Å². The molecule has 1 nitrogen and oxygen atoms in total. The van der Waals surface area contributed by atoms with Gasteiger partial charge >= 0.3 is 0 Å². The fraction of sp³-hybridized carbons (Fsp3) is 0.857. The maximum atomic E-state index is 5.77.